The van der Waals surface area contributed by atoms with Crippen LogP contribution < -0.4 is 25.3 Å². The van der Waals surface area contributed by atoms with Gasteiger partial charge >= 0.3 is 0 Å². The number of nitrogen functional groups attached to an aromatic ring is 1. The van der Waals surface area contributed by atoms with E-state index in [1.807, 2.05) is 24.3 Å². The van der Waals surface area contributed by atoms with Gasteiger partial charge in [0.05, 0.1) is 27.0 Å². The van der Waals surface area contributed by atoms with Crippen LogP contribution in [-0.4, -0.2) is 32.3 Å². The normalized spacial score (nSPS) is 11.0. The number of para-hydroxylation sites is 2. The van der Waals surface area contributed by atoms with E-state index in [4.69, 9.17) is 19.9 Å². The summed E-state index contributed by atoms with van der Waals surface area (Å²) >= 11 is 0. The number of methoxy groups -OCH3 is 3. The molecular formula is C26H26N2O5. The SMILES string of the molecule is COc1cc(C=Cc2cccc(O)c2NC(=O)/C=C/c2ccccc2N)cc(OC)c1OC. The van der Waals surface area contributed by atoms with Gasteiger partial charge in [-0.25, -0.2) is 0 Å². The van der Waals surface area contributed by atoms with Crippen LogP contribution in [0.2, 0.25) is 0 Å². The average molecular weight is 447 g/mol. The number of benzene rings is 3. The Kier molecular flexibility index (Phi) is 7.60. The molecule has 0 aliphatic carbocycles. The number of nitrogens with two attached hydrogens (primary N) is 1. The van der Waals surface area contributed by atoms with Gasteiger partial charge < -0.3 is 30.4 Å². The number of carbonyl (C=O) groups is 1. The van der Waals surface area contributed by atoms with Crippen molar-refractivity contribution in [3.63, 3.8) is 0 Å². The molecule has 3 aromatic carbocycles. The molecular weight excluding hydrogens is 420 g/mol. The van der Waals surface area contributed by atoms with Crippen LogP contribution in [0.3, 0.4) is 0 Å². The zero-order valence-corrected chi connectivity index (χ0v) is 18.7. The van der Waals surface area contributed by atoms with Crippen LogP contribution >= 0.6 is 0 Å². The van der Waals surface area contributed by atoms with Crippen molar-refractivity contribution in [3.8, 4) is 23.0 Å². The molecule has 0 atom stereocenters. The molecule has 170 valence electrons. The first-order valence-electron chi connectivity index (χ1n) is 10.1. The molecule has 33 heavy (non-hydrogen) atoms. The molecule has 3 aromatic rings. The summed E-state index contributed by atoms with van der Waals surface area (Å²) in [5.74, 6) is 1.08. The van der Waals surface area contributed by atoms with Gasteiger partial charge in [-0.2, -0.15) is 0 Å². The van der Waals surface area contributed by atoms with E-state index in [0.29, 0.717) is 28.5 Å². The van der Waals surface area contributed by atoms with Crippen molar-refractivity contribution in [2.75, 3.05) is 32.4 Å². The molecule has 0 saturated carbocycles. The summed E-state index contributed by atoms with van der Waals surface area (Å²) in [6.45, 7) is 0. The molecule has 0 aliphatic heterocycles. The van der Waals surface area contributed by atoms with Gasteiger partial charge in [0.1, 0.15) is 5.75 Å². The Hall–Kier alpha value is -4.39. The quantitative estimate of drug-likeness (QED) is 0.198. The third kappa shape index (κ3) is 5.65. The summed E-state index contributed by atoms with van der Waals surface area (Å²) < 4.78 is 16.1. The molecule has 0 radical (unpaired) electrons. The first-order chi connectivity index (χ1) is 16.0. The highest BCUT2D eigenvalue weighted by Gasteiger charge is 2.13. The van der Waals surface area contributed by atoms with Gasteiger partial charge in [0.2, 0.25) is 11.7 Å². The third-order valence-electron chi connectivity index (χ3n) is 4.88. The van der Waals surface area contributed by atoms with Gasteiger partial charge in [-0.3, -0.25) is 4.79 Å². The molecule has 7 nitrogen and oxygen atoms in total. The molecule has 0 spiro atoms. The van der Waals surface area contributed by atoms with Crippen LogP contribution in [0.4, 0.5) is 11.4 Å². The van der Waals surface area contributed by atoms with Gasteiger partial charge in [-0.1, -0.05) is 42.5 Å². The van der Waals surface area contributed by atoms with Crippen molar-refractivity contribution >= 4 is 35.5 Å². The van der Waals surface area contributed by atoms with E-state index >= 15 is 0 Å². The van der Waals surface area contributed by atoms with Crippen LogP contribution in [0.1, 0.15) is 16.7 Å². The lowest BCUT2D eigenvalue weighted by atomic mass is 10.1. The van der Waals surface area contributed by atoms with Crippen molar-refractivity contribution in [1.82, 2.24) is 0 Å². The molecule has 1 amide bonds. The predicted octanol–water partition coefficient (Wildman–Crippen LogP) is 4.82. The monoisotopic (exact) mass is 446 g/mol. The summed E-state index contributed by atoms with van der Waals surface area (Å²) in [7, 11) is 4.63. The molecule has 4 N–H and O–H groups in total. The summed E-state index contributed by atoms with van der Waals surface area (Å²) in [6.07, 6.45) is 6.57. The minimum atomic E-state index is -0.401. The molecule has 0 saturated heterocycles. The molecule has 0 heterocycles. The second-order valence-corrected chi connectivity index (χ2v) is 6.98. The lowest BCUT2D eigenvalue weighted by molar-refractivity contribution is -0.111. The lowest BCUT2D eigenvalue weighted by Gasteiger charge is -2.13. The van der Waals surface area contributed by atoms with E-state index in [2.05, 4.69) is 5.32 Å². The number of phenolic OH excluding ortho intramolecular Hbond substituents is 1. The van der Waals surface area contributed by atoms with E-state index in [9.17, 15) is 9.90 Å². The number of rotatable bonds is 8. The summed E-state index contributed by atoms with van der Waals surface area (Å²) in [5.41, 5.74) is 8.89. The number of nitrogens with one attached hydrogen (secondary N) is 1. The van der Waals surface area contributed by atoms with E-state index in [1.54, 1.807) is 56.7 Å². The van der Waals surface area contributed by atoms with Gasteiger partial charge in [-0.15, -0.1) is 0 Å². The largest absolute Gasteiger partial charge is 0.506 e. The van der Waals surface area contributed by atoms with Crippen molar-refractivity contribution in [3.05, 3.63) is 77.4 Å². The van der Waals surface area contributed by atoms with Crippen molar-refractivity contribution in [2.24, 2.45) is 0 Å². The summed E-state index contributed by atoms with van der Waals surface area (Å²) in [4.78, 5) is 12.5. The smallest absolute Gasteiger partial charge is 0.248 e. The average Bonchev–Trinajstić information content (AvgIpc) is 2.83. The molecule has 0 unspecified atom stereocenters. The lowest BCUT2D eigenvalue weighted by Crippen LogP contribution is -2.09. The van der Waals surface area contributed by atoms with Crippen LogP contribution in [-0.2, 0) is 4.79 Å². The number of hydrogen-bond donors (Lipinski definition) is 3. The first-order valence-corrected chi connectivity index (χ1v) is 10.1. The number of phenols is 1. The fourth-order valence-electron chi connectivity index (χ4n) is 3.21. The maximum atomic E-state index is 12.5. The van der Waals surface area contributed by atoms with Gasteiger partial charge in [0.15, 0.2) is 11.5 Å². The van der Waals surface area contributed by atoms with Crippen molar-refractivity contribution < 1.29 is 24.1 Å². The summed E-state index contributed by atoms with van der Waals surface area (Å²) in [5, 5.41) is 13.1. The fourth-order valence-corrected chi connectivity index (χ4v) is 3.21. The number of ether oxygens (including phenoxy) is 3. The van der Waals surface area contributed by atoms with E-state index < -0.39 is 5.91 Å². The van der Waals surface area contributed by atoms with Crippen molar-refractivity contribution in [2.45, 2.75) is 0 Å². The maximum absolute atomic E-state index is 12.5. The Balaban J connectivity index is 1.86. The Morgan fingerprint density at radius 3 is 2.18 bits per heavy atom. The van der Waals surface area contributed by atoms with Gasteiger partial charge in [0.25, 0.3) is 0 Å². The van der Waals surface area contributed by atoms with Crippen LogP contribution in [0.15, 0.2) is 60.7 Å². The van der Waals surface area contributed by atoms with Crippen molar-refractivity contribution in [1.29, 1.82) is 0 Å². The molecule has 7 heteroatoms. The number of aromatic hydroxyl groups is 1. The van der Waals surface area contributed by atoms with Gasteiger partial charge in [0, 0.05) is 17.3 Å². The minimum absolute atomic E-state index is 0.0528. The summed E-state index contributed by atoms with van der Waals surface area (Å²) in [6, 6.07) is 15.8. The van der Waals surface area contributed by atoms with E-state index in [1.165, 1.54) is 19.3 Å². The van der Waals surface area contributed by atoms with E-state index in [0.717, 1.165) is 11.1 Å². The number of amides is 1. The number of anilines is 2. The molecule has 0 aromatic heterocycles. The highest BCUT2D eigenvalue weighted by atomic mass is 16.5. The maximum Gasteiger partial charge on any atom is 0.248 e. The number of carbonyl (C=O) groups excluding carboxylic acids is 1. The Morgan fingerprint density at radius 2 is 1.55 bits per heavy atom. The third-order valence-corrected chi connectivity index (χ3v) is 4.88. The fraction of sp³-hybridized carbons (Fsp3) is 0.115. The standard InChI is InChI=1S/C26H26N2O5/c1-31-22-15-17(16-23(32-2)26(22)33-3)11-12-19-8-6-10-21(29)25(19)28-24(30)14-13-18-7-4-5-9-20(18)27/h4-16,29H,27H2,1-3H3,(H,28,30)/b12-11?,14-13+. The van der Waals surface area contributed by atoms with E-state index in [-0.39, 0.29) is 11.4 Å². The second kappa shape index (κ2) is 10.8. The van der Waals surface area contributed by atoms with Gasteiger partial charge in [-0.05, 0) is 41.5 Å². The molecule has 0 fully saturated rings. The van der Waals surface area contributed by atoms with Crippen LogP contribution in [0.5, 0.6) is 23.0 Å². The van der Waals surface area contributed by atoms with Crippen LogP contribution in [0, 0.1) is 0 Å². The highest BCUT2D eigenvalue weighted by Crippen LogP contribution is 2.39. The van der Waals surface area contributed by atoms with Crippen LogP contribution in [0.25, 0.3) is 18.2 Å². The second-order valence-electron chi connectivity index (χ2n) is 6.98. The molecule has 0 aliphatic rings. The molecule has 0 bridgehead atoms. The zero-order chi connectivity index (χ0) is 23.8. The Bertz CT molecular complexity index is 1180. The zero-order valence-electron chi connectivity index (χ0n) is 18.7. The highest BCUT2D eigenvalue weighted by molar-refractivity contribution is 6.04. The minimum Gasteiger partial charge on any atom is -0.506 e. The Labute approximate surface area is 192 Å². The predicted molar refractivity (Wildman–Crippen MR) is 132 cm³/mol. The first kappa shape index (κ1) is 23.3. The Morgan fingerprint density at radius 1 is 0.879 bits per heavy atom. The molecule has 3 rings (SSSR count). The topological polar surface area (TPSA) is 103 Å². The number of hydrogen-bond acceptors (Lipinski definition) is 6.